The molecule has 1 aromatic carbocycles. The second kappa shape index (κ2) is 5.52. The molecule has 1 spiro atoms. The van der Waals surface area contributed by atoms with E-state index >= 15 is 0 Å². The molecule has 2 heterocycles. The summed E-state index contributed by atoms with van der Waals surface area (Å²) in [5.41, 5.74) is 1.33. The highest BCUT2D eigenvalue weighted by Crippen LogP contribution is 2.36. The zero-order valence-corrected chi connectivity index (χ0v) is 11.7. The minimum atomic E-state index is -0.255. The molecule has 0 aromatic heterocycles. The standard InChI is InChI=1S/C16H21FN2O/c17-14-3-1-13(2-4-14)11-15(20)19-9-6-16(7-10-19)5-8-18-12-16/h1-4,18H,5-12H2. The Labute approximate surface area is 119 Å². The normalized spacial score (nSPS) is 21.4. The summed E-state index contributed by atoms with van der Waals surface area (Å²) >= 11 is 0. The van der Waals surface area contributed by atoms with Crippen molar-refractivity contribution in [2.45, 2.75) is 25.7 Å². The lowest BCUT2D eigenvalue weighted by Crippen LogP contribution is -2.44. The van der Waals surface area contributed by atoms with Gasteiger partial charge in [0.1, 0.15) is 5.82 Å². The van der Waals surface area contributed by atoms with Gasteiger partial charge < -0.3 is 10.2 Å². The van der Waals surface area contributed by atoms with Gasteiger partial charge >= 0.3 is 0 Å². The maximum Gasteiger partial charge on any atom is 0.226 e. The Morgan fingerprint density at radius 2 is 1.90 bits per heavy atom. The van der Waals surface area contributed by atoms with E-state index in [1.165, 1.54) is 18.6 Å². The Hall–Kier alpha value is -1.42. The average Bonchev–Trinajstić information content (AvgIpc) is 2.90. The molecule has 1 amide bonds. The number of hydrogen-bond donors (Lipinski definition) is 1. The molecule has 108 valence electrons. The molecule has 1 N–H and O–H groups in total. The van der Waals surface area contributed by atoms with Gasteiger partial charge in [-0.1, -0.05) is 12.1 Å². The van der Waals surface area contributed by atoms with Gasteiger partial charge in [-0.25, -0.2) is 4.39 Å². The SMILES string of the molecule is O=C(Cc1ccc(F)cc1)N1CCC2(CCNC2)CC1. The molecule has 0 radical (unpaired) electrons. The molecular formula is C16H21FN2O. The lowest BCUT2D eigenvalue weighted by atomic mass is 9.78. The van der Waals surface area contributed by atoms with Crippen molar-refractivity contribution in [1.29, 1.82) is 0 Å². The highest BCUT2D eigenvalue weighted by Gasteiger charge is 2.37. The molecule has 2 aliphatic rings. The lowest BCUT2D eigenvalue weighted by Gasteiger charge is -2.39. The predicted octanol–water partition coefficient (Wildman–Crippen LogP) is 1.97. The molecule has 0 saturated carbocycles. The molecular weight excluding hydrogens is 255 g/mol. The zero-order chi connectivity index (χ0) is 14.0. The molecule has 3 nitrogen and oxygen atoms in total. The number of amides is 1. The van der Waals surface area contributed by atoms with Crippen LogP contribution in [0.2, 0.25) is 0 Å². The van der Waals surface area contributed by atoms with Gasteiger partial charge in [-0.15, -0.1) is 0 Å². The van der Waals surface area contributed by atoms with Gasteiger partial charge in [0.15, 0.2) is 0 Å². The van der Waals surface area contributed by atoms with Crippen molar-refractivity contribution in [3.8, 4) is 0 Å². The first-order valence-corrected chi connectivity index (χ1v) is 7.40. The summed E-state index contributed by atoms with van der Waals surface area (Å²) in [6.07, 6.45) is 3.84. The number of nitrogens with one attached hydrogen (secondary N) is 1. The summed E-state index contributed by atoms with van der Waals surface area (Å²) in [5, 5.41) is 3.43. The van der Waals surface area contributed by atoms with Crippen LogP contribution in [0.1, 0.15) is 24.8 Å². The van der Waals surface area contributed by atoms with Crippen molar-refractivity contribution >= 4 is 5.91 Å². The minimum Gasteiger partial charge on any atom is -0.342 e. The van der Waals surface area contributed by atoms with Gasteiger partial charge in [0, 0.05) is 19.6 Å². The van der Waals surface area contributed by atoms with Crippen LogP contribution in [0.15, 0.2) is 24.3 Å². The largest absolute Gasteiger partial charge is 0.342 e. The number of halogens is 1. The number of carbonyl (C=O) groups is 1. The Morgan fingerprint density at radius 1 is 1.20 bits per heavy atom. The maximum atomic E-state index is 12.8. The molecule has 0 atom stereocenters. The maximum absolute atomic E-state index is 12.8. The summed E-state index contributed by atoms with van der Waals surface area (Å²) in [6, 6.07) is 6.22. The fraction of sp³-hybridized carbons (Fsp3) is 0.562. The summed E-state index contributed by atoms with van der Waals surface area (Å²) in [7, 11) is 0. The predicted molar refractivity (Wildman–Crippen MR) is 75.8 cm³/mol. The molecule has 0 bridgehead atoms. The molecule has 1 aromatic rings. The fourth-order valence-corrected chi connectivity index (χ4v) is 3.34. The van der Waals surface area contributed by atoms with E-state index in [2.05, 4.69) is 5.32 Å². The van der Waals surface area contributed by atoms with Gasteiger partial charge in [0.2, 0.25) is 5.91 Å². The third kappa shape index (κ3) is 2.85. The van der Waals surface area contributed by atoms with Crippen molar-refractivity contribution in [1.82, 2.24) is 10.2 Å². The number of hydrogen-bond acceptors (Lipinski definition) is 2. The van der Waals surface area contributed by atoms with Crippen LogP contribution < -0.4 is 5.32 Å². The van der Waals surface area contributed by atoms with E-state index in [1.54, 1.807) is 12.1 Å². The Bertz CT molecular complexity index is 470. The summed E-state index contributed by atoms with van der Waals surface area (Å²) < 4.78 is 12.8. The third-order valence-electron chi connectivity index (χ3n) is 4.78. The van der Waals surface area contributed by atoms with Gasteiger partial charge in [0.25, 0.3) is 0 Å². The van der Waals surface area contributed by atoms with E-state index in [0.717, 1.165) is 44.6 Å². The van der Waals surface area contributed by atoms with Crippen LogP contribution in [0, 0.1) is 11.2 Å². The second-order valence-electron chi connectivity index (χ2n) is 6.11. The van der Waals surface area contributed by atoms with Crippen molar-refractivity contribution in [2.75, 3.05) is 26.2 Å². The number of benzene rings is 1. The van der Waals surface area contributed by atoms with Gasteiger partial charge in [-0.2, -0.15) is 0 Å². The molecule has 3 rings (SSSR count). The summed E-state index contributed by atoms with van der Waals surface area (Å²) in [6.45, 7) is 3.94. The van der Waals surface area contributed by atoms with Crippen LogP contribution in [-0.4, -0.2) is 37.0 Å². The van der Waals surface area contributed by atoms with Gasteiger partial charge in [0.05, 0.1) is 6.42 Å². The Morgan fingerprint density at radius 3 is 2.50 bits per heavy atom. The van der Waals surface area contributed by atoms with Gasteiger partial charge in [-0.05, 0) is 48.9 Å². The van der Waals surface area contributed by atoms with Crippen molar-refractivity contribution in [3.63, 3.8) is 0 Å². The first kappa shape index (κ1) is 13.6. The summed E-state index contributed by atoms with van der Waals surface area (Å²) in [5.74, 6) is -0.0905. The first-order chi connectivity index (χ1) is 9.67. The van der Waals surface area contributed by atoms with Crippen LogP contribution in [0.25, 0.3) is 0 Å². The topological polar surface area (TPSA) is 32.3 Å². The smallest absolute Gasteiger partial charge is 0.226 e. The molecule has 2 saturated heterocycles. The van der Waals surface area contributed by atoms with Crippen molar-refractivity contribution < 1.29 is 9.18 Å². The summed E-state index contributed by atoms with van der Waals surface area (Å²) in [4.78, 5) is 14.2. The van der Waals surface area contributed by atoms with E-state index in [1.807, 2.05) is 4.90 Å². The van der Waals surface area contributed by atoms with E-state index in [0.29, 0.717) is 11.8 Å². The van der Waals surface area contributed by atoms with Crippen LogP contribution in [0.3, 0.4) is 0 Å². The Balaban J connectivity index is 1.55. The van der Waals surface area contributed by atoms with Crippen LogP contribution in [0.4, 0.5) is 4.39 Å². The fourth-order valence-electron chi connectivity index (χ4n) is 3.34. The third-order valence-corrected chi connectivity index (χ3v) is 4.78. The molecule has 4 heteroatoms. The van der Waals surface area contributed by atoms with E-state index < -0.39 is 0 Å². The van der Waals surface area contributed by atoms with Gasteiger partial charge in [-0.3, -0.25) is 4.79 Å². The minimum absolute atomic E-state index is 0.164. The first-order valence-electron chi connectivity index (χ1n) is 7.40. The van der Waals surface area contributed by atoms with Crippen LogP contribution in [-0.2, 0) is 11.2 Å². The molecule has 20 heavy (non-hydrogen) atoms. The van der Waals surface area contributed by atoms with E-state index in [4.69, 9.17) is 0 Å². The number of nitrogens with zero attached hydrogens (tertiary/aromatic N) is 1. The van der Waals surface area contributed by atoms with Crippen molar-refractivity contribution in [3.05, 3.63) is 35.6 Å². The van der Waals surface area contributed by atoms with E-state index in [9.17, 15) is 9.18 Å². The quantitative estimate of drug-likeness (QED) is 0.895. The second-order valence-corrected chi connectivity index (χ2v) is 6.11. The average molecular weight is 276 g/mol. The number of piperidine rings is 1. The number of carbonyl (C=O) groups excluding carboxylic acids is 1. The zero-order valence-electron chi connectivity index (χ0n) is 11.7. The van der Waals surface area contributed by atoms with E-state index in [-0.39, 0.29) is 11.7 Å². The van der Waals surface area contributed by atoms with Crippen molar-refractivity contribution in [2.24, 2.45) is 5.41 Å². The molecule has 0 aliphatic carbocycles. The molecule has 0 unspecified atom stereocenters. The number of likely N-dealkylation sites (tertiary alicyclic amines) is 1. The molecule has 2 fully saturated rings. The molecule has 2 aliphatic heterocycles. The highest BCUT2D eigenvalue weighted by atomic mass is 19.1. The monoisotopic (exact) mass is 276 g/mol. The van der Waals surface area contributed by atoms with Crippen LogP contribution in [0.5, 0.6) is 0 Å². The highest BCUT2D eigenvalue weighted by molar-refractivity contribution is 5.78. The number of rotatable bonds is 2. The van der Waals surface area contributed by atoms with Crippen LogP contribution >= 0.6 is 0 Å². The lowest BCUT2D eigenvalue weighted by molar-refractivity contribution is -0.132. The Kier molecular flexibility index (Phi) is 3.74.